The number of benzene rings is 2. The largest absolute Gasteiger partial charge is 0.497 e. The van der Waals surface area contributed by atoms with Crippen LogP contribution in [0.2, 0.25) is 0 Å². The van der Waals surface area contributed by atoms with Gasteiger partial charge >= 0.3 is 0 Å². The number of carbonyl (C=O) groups is 2. The summed E-state index contributed by atoms with van der Waals surface area (Å²) < 4.78 is 10.6. The number of carbonyl (C=O) groups excluding carboxylic acids is 2. The van der Waals surface area contributed by atoms with E-state index in [-0.39, 0.29) is 18.4 Å². The summed E-state index contributed by atoms with van der Waals surface area (Å²) in [5.74, 6) is -0.0539. The summed E-state index contributed by atoms with van der Waals surface area (Å²) in [4.78, 5) is 24.3. The van der Waals surface area contributed by atoms with Crippen LogP contribution in [0.3, 0.4) is 0 Å². The van der Waals surface area contributed by atoms with Crippen molar-refractivity contribution in [2.45, 2.75) is 19.6 Å². The van der Waals surface area contributed by atoms with Gasteiger partial charge in [-0.05, 0) is 24.6 Å². The molecule has 1 heterocycles. The maximum Gasteiger partial charge on any atom is 0.248 e. The maximum atomic E-state index is 12.3. The molecule has 9 heteroatoms. The zero-order chi connectivity index (χ0) is 21.3. The van der Waals surface area contributed by atoms with Crippen LogP contribution in [-0.4, -0.2) is 41.8 Å². The normalized spacial score (nSPS) is 11.5. The quantitative estimate of drug-likeness (QED) is 0.545. The van der Waals surface area contributed by atoms with Gasteiger partial charge in [0.25, 0.3) is 0 Å². The van der Waals surface area contributed by atoms with E-state index in [4.69, 9.17) is 9.47 Å². The summed E-state index contributed by atoms with van der Waals surface area (Å²) in [6.45, 7) is 1.78. The lowest BCUT2D eigenvalue weighted by Crippen LogP contribution is -2.43. The second kappa shape index (κ2) is 10.5. The van der Waals surface area contributed by atoms with Crippen LogP contribution < -0.4 is 15.4 Å². The lowest BCUT2D eigenvalue weighted by Gasteiger charge is -2.13. The Balaban J connectivity index is 1.47. The number of anilines is 1. The summed E-state index contributed by atoms with van der Waals surface area (Å²) in [6, 6.07) is 16.2. The molecule has 0 saturated carbocycles. The fourth-order valence-electron chi connectivity index (χ4n) is 2.54. The molecule has 2 amide bonds. The van der Waals surface area contributed by atoms with Gasteiger partial charge in [-0.3, -0.25) is 14.9 Å². The summed E-state index contributed by atoms with van der Waals surface area (Å²) >= 11 is 1.23. The molecule has 0 saturated heterocycles. The molecule has 30 heavy (non-hydrogen) atoms. The third kappa shape index (κ3) is 6.10. The summed E-state index contributed by atoms with van der Waals surface area (Å²) in [5, 5.41) is 14.4. The number of methoxy groups -OCH3 is 1. The van der Waals surface area contributed by atoms with Crippen molar-refractivity contribution in [1.29, 1.82) is 0 Å². The predicted octanol–water partition coefficient (Wildman–Crippen LogP) is 2.87. The smallest absolute Gasteiger partial charge is 0.248 e. The Kier molecular flexibility index (Phi) is 7.47. The molecule has 0 bridgehead atoms. The fourth-order valence-corrected chi connectivity index (χ4v) is 3.29. The van der Waals surface area contributed by atoms with E-state index in [1.807, 2.05) is 54.6 Å². The fraction of sp³-hybridized carbons (Fsp3) is 0.238. The molecular weight excluding hydrogens is 404 g/mol. The number of nitrogens with one attached hydrogen (secondary N) is 2. The molecular formula is C21H22N4O4S. The van der Waals surface area contributed by atoms with E-state index in [2.05, 4.69) is 20.8 Å². The van der Waals surface area contributed by atoms with E-state index in [1.54, 1.807) is 14.0 Å². The molecule has 0 aliphatic rings. The van der Waals surface area contributed by atoms with Gasteiger partial charge in [0, 0.05) is 5.56 Å². The van der Waals surface area contributed by atoms with Gasteiger partial charge in [-0.25, -0.2) is 0 Å². The minimum atomic E-state index is -0.748. The zero-order valence-corrected chi connectivity index (χ0v) is 17.4. The Labute approximate surface area is 178 Å². The monoisotopic (exact) mass is 426 g/mol. The molecule has 1 unspecified atom stereocenters. The Morgan fingerprint density at radius 3 is 2.67 bits per heavy atom. The van der Waals surface area contributed by atoms with Crippen LogP contribution in [0.4, 0.5) is 5.13 Å². The van der Waals surface area contributed by atoms with Crippen LogP contribution in [-0.2, 0) is 20.9 Å². The maximum absolute atomic E-state index is 12.3. The van der Waals surface area contributed by atoms with Crippen LogP contribution in [0.5, 0.6) is 5.75 Å². The van der Waals surface area contributed by atoms with E-state index >= 15 is 0 Å². The van der Waals surface area contributed by atoms with Crippen LogP contribution >= 0.6 is 11.3 Å². The Hall–Kier alpha value is -3.30. The van der Waals surface area contributed by atoms with Crippen LogP contribution in [0.15, 0.2) is 54.6 Å². The van der Waals surface area contributed by atoms with Crippen molar-refractivity contribution in [2.24, 2.45) is 0 Å². The molecule has 3 rings (SSSR count). The third-order valence-electron chi connectivity index (χ3n) is 4.09. The highest BCUT2D eigenvalue weighted by molar-refractivity contribution is 7.18. The Morgan fingerprint density at radius 2 is 1.90 bits per heavy atom. The first-order chi connectivity index (χ1) is 14.5. The van der Waals surface area contributed by atoms with Gasteiger partial charge in [0.15, 0.2) is 0 Å². The number of hydrogen-bond donors (Lipinski definition) is 2. The lowest BCUT2D eigenvalue weighted by atomic mass is 10.2. The standard InChI is InChI=1S/C21H22N4O4S/c1-14(22-18(26)13-29-12-15-7-4-3-5-8-15)19(27)23-21-25-24-20(30-21)16-9-6-10-17(11-16)28-2/h3-11,14H,12-13H2,1-2H3,(H,22,26)(H,23,25,27). The van der Waals surface area contributed by atoms with Crippen molar-refractivity contribution in [1.82, 2.24) is 15.5 Å². The van der Waals surface area contributed by atoms with E-state index < -0.39 is 6.04 Å². The Morgan fingerprint density at radius 1 is 1.10 bits per heavy atom. The van der Waals surface area contributed by atoms with Gasteiger partial charge in [0.1, 0.15) is 23.4 Å². The van der Waals surface area contributed by atoms with Crippen molar-refractivity contribution < 1.29 is 19.1 Å². The first-order valence-electron chi connectivity index (χ1n) is 9.25. The second-order valence-electron chi connectivity index (χ2n) is 6.40. The van der Waals surface area contributed by atoms with E-state index in [0.29, 0.717) is 22.5 Å². The topological polar surface area (TPSA) is 102 Å². The van der Waals surface area contributed by atoms with Crippen molar-refractivity contribution in [2.75, 3.05) is 19.0 Å². The number of aromatic nitrogens is 2. The molecule has 0 fully saturated rings. The average Bonchev–Trinajstić information content (AvgIpc) is 3.23. The molecule has 3 aromatic rings. The molecule has 1 aromatic heterocycles. The highest BCUT2D eigenvalue weighted by Crippen LogP contribution is 2.28. The van der Waals surface area contributed by atoms with Crippen molar-refractivity contribution in [3.63, 3.8) is 0 Å². The molecule has 8 nitrogen and oxygen atoms in total. The van der Waals surface area contributed by atoms with Crippen LogP contribution in [0.25, 0.3) is 10.6 Å². The first kappa shape index (κ1) is 21.4. The number of ether oxygens (including phenoxy) is 2. The average molecular weight is 426 g/mol. The highest BCUT2D eigenvalue weighted by Gasteiger charge is 2.18. The van der Waals surface area contributed by atoms with E-state index in [1.165, 1.54) is 11.3 Å². The lowest BCUT2D eigenvalue weighted by molar-refractivity contribution is -0.129. The molecule has 0 radical (unpaired) electrons. The number of rotatable bonds is 9. The van der Waals surface area contributed by atoms with Crippen molar-refractivity contribution in [3.05, 3.63) is 60.2 Å². The van der Waals surface area contributed by atoms with Gasteiger partial charge in [-0.2, -0.15) is 0 Å². The third-order valence-corrected chi connectivity index (χ3v) is 4.98. The molecule has 2 aromatic carbocycles. The zero-order valence-electron chi connectivity index (χ0n) is 16.6. The van der Waals surface area contributed by atoms with Crippen molar-refractivity contribution >= 4 is 28.3 Å². The molecule has 0 spiro atoms. The number of hydrogen-bond acceptors (Lipinski definition) is 7. The molecule has 0 aliphatic heterocycles. The van der Waals surface area contributed by atoms with Gasteiger partial charge in [0.05, 0.1) is 13.7 Å². The summed E-state index contributed by atoms with van der Waals surface area (Å²) in [5.41, 5.74) is 1.81. The second-order valence-corrected chi connectivity index (χ2v) is 7.38. The van der Waals surface area contributed by atoms with Gasteiger partial charge in [-0.15, -0.1) is 10.2 Å². The summed E-state index contributed by atoms with van der Waals surface area (Å²) in [7, 11) is 1.59. The minimum absolute atomic E-state index is 0.134. The van der Waals surface area contributed by atoms with Crippen LogP contribution in [0, 0.1) is 0 Å². The molecule has 1 atom stereocenters. The SMILES string of the molecule is COc1cccc(-c2nnc(NC(=O)C(C)NC(=O)COCc3ccccc3)s2)c1. The molecule has 156 valence electrons. The van der Waals surface area contributed by atoms with Gasteiger partial charge in [0.2, 0.25) is 16.9 Å². The van der Waals surface area contributed by atoms with Gasteiger partial charge < -0.3 is 14.8 Å². The summed E-state index contributed by atoms with van der Waals surface area (Å²) in [6.07, 6.45) is 0. The van der Waals surface area contributed by atoms with E-state index in [9.17, 15) is 9.59 Å². The first-order valence-corrected chi connectivity index (χ1v) is 10.1. The number of nitrogens with zero attached hydrogens (tertiary/aromatic N) is 2. The predicted molar refractivity (Wildman–Crippen MR) is 114 cm³/mol. The Bertz CT molecular complexity index is 993. The highest BCUT2D eigenvalue weighted by atomic mass is 32.1. The van der Waals surface area contributed by atoms with Gasteiger partial charge in [-0.1, -0.05) is 53.8 Å². The van der Waals surface area contributed by atoms with Crippen molar-refractivity contribution in [3.8, 4) is 16.3 Å². The molecule has 2 N–H and O–H groups in total. The van der Waals surface area contributed by atoms with Crippen LogP contribution in [0.1, 0.15) is 12.5 Å². The molecule has 0 aliphatic carbocycles. The minimum Gasteiger partial charge on any atom is -0.497 e. The van der Waals surface area contributed by atoms with E-state index in [0.717, 1.165) is 11.1 Å². The number of amides is 2.